The highest BCUT2D eigenvalue weighted by Gasteiger charge is 2.11. The standard InChI is InChI=1S/C20H23ClN4O/c1-14-12-18(19(26)24-17-9-5-8-16(21)13-17)25-20(23-14)22-11-10-15-6-3-2-4-7-15/h5-6,8-9,12-13H,2-4,7,10-11H2,1H3,(H,24,26)(H,22,23,25). The van der Waals surface area contributed by atoms with Gasteiger partial charge in [0.15, 0.2) is 0 Å². The van der Waals surface area contributed by atoms with Crippen molar-refractivity contribution in [3.63, 3.8) is 0 Å². The van der Waals surface area contributed by atoms with Crippen molar-refractivity contribution in [3.8, 4) is 0 Å². The van der Waals surface area contributed by atoms with Crippen LogP contribution in [0.1, 0.15) is 48.3 Å². The number of amides is 1. The van der Waals surface area contributed by atoms with Gasteiger partial charge in [-0.1, -0.05) is 29.3 Å². The summed E-state index contributed by atoms with van der Waals surface area (Å²) in [5.41, 5.74) is 3.21. The van der Waals surface area contributed by atoms with Crippen LogP contribution in [0.4, 0.5) is 11.6 Å². The summed E-state index contributed by atoms with van der Waals surface area (Å²) in [4.78, 5) is 21.2. The summed E-state index contributed by atoms with van der Waals surface area (Å²) in [5, 5.41) is 6.62. The highest BCUT2D eigenvalue weighted by molar-refractivity contribution is 6.30. The van der Waals surface area contributed by atoms with Gasteiger partial charge in [-0.2, -0.15) is 0 Å². The van der Waals surface area contributed by atoms with Crippen molar-refractivity contribution in [2.75, 3.05) is 17.2 Å². The van der Waals surface area contributed by atoms with E-state index in [2.05, 4.69) is 26.7 Å². The van der Waals surface area contributed by atoms with Gasteiger partial charge < -0.3 is 10.6 Å². The zero-order valence-electron chi connectivity index (χ0n) is 14.9. The van der Waals surface area contributed by atoms with E-state index in [0.29, 0.717) is 22.4 Å². The third-order valence-corrected chi connectivity index (χ3v) is 4.52. The van der Waals surface area contributed by atoms with Crippen molar-refractivity contribution < 1.29 is 4.79 Å². The van der Waals surface area contributed by atoms with E-state index in [0.717, 1.165) is 18.7 Å². The summed E-state index contributed by atoms with van der Waals surface area (Å²) in [6.07, 6.45) is 8.27. The summed E-state index contributed by atoms with van der Waals surface area (Å²) in [6.45, 7) is 2.62. The summed E-state index contributed by atoms with van der Waals surface area (Å²) in [6, 6.07) is 8.71. The maximum Gasteiger partial charge on any atom is 0.274 e. The minimum atomic E-state index is -0.282. The van der Waals surface area contributed by atoms with Crippen molar-refractivity contribution in [1.82, 2.24) is 9.97 Å². The number of carbonyl (C=O) groups excluding carboxylic acids is 1. The molecule has 0 spiro atoms. The van der Waals surface area contributed by atoms with Crippen LogP contribution in [0, 0.1) is 6.92 Å². The van der Waals surface area contributed by atoms with Gasteiger partial charge in [-0.15, -0.1) is 0 Å². The van der Waals surface area contributed by atoms with Crippen LogP contribution in [-0.4, -0.2) is 22.4 Å². The number of allylic oxidation sites excluding steroid dienone is 1. The molecule has 0 bridgehead atoms. The van der Waals surface area contributed by atoms with E-state index < -0.39 is 0 Å². The van der Waals surface area contributed by atoms with Crippen molar-refractivity contribution >= 4 is 29.1 Å². The van der Waals surface area contributed by atoms with E-state index >= 15 is 0 Å². The summed E-state index contributed by atoms with van der Waals surface area (Å²) >= 11 is 5.95. The molecular weight excluding hydrogens is 348 g/mol. The van der Waals surface area contributed by atoms with Gasteiger partial charge in [0, 0.05) is 22.9 Å². The maximum absolute atomic E-state index is 12.5. The second-order valence-electron chi connectivity index (χ2n) is 6.47. The van der Waals surface area contributed by atoms with E-state index in [9.17, 15) is 4.79 Å². The predicted molar refractivity (Wildman–Crippen MR) is 106 cm³/mol. The van der Waals surface area contributed by atoms with E-state index in [4.69, 9.17) is 11.6 Å². The second-order valence-corrected chi connectivity index (χ2v) is 6.90. The molecule has 0 saturated carbocycles. The fraction of sp³-hybridized carbons (Fsp3) is 0.350. The molecule has 1 aromatic heterocycles. The van der Waals surface area contributed by atoms with Crippen molar-refractivity contribution in [3.05, 3.63) is 58.4 Å². The Morgan fingerprint density at radius 2 is 2.12 bits per heavy atom. The fourth-order valence-corrected chi connectivity index (χ4v) is 3.18. The number of halogens is 1. The molecule has 5 nitrogen and oxygen atoms in total. The van der Waals surface area contributed by atoms with Crippen LogP contribution in [0.5, 0.6) is 0 Å². The number of aromatic nitrogens is 2. The Hall–Kier alpha value is -2.40. The quantitative estimate of drug-likeness (QED) is 0.702. The number of rotatable bonds is 6. The monoisotopic (exact) mass is 370 g/mol. The average Bonchev–Trinajstić information content (AvgIpc) is 2.62. The predicted octanol–water partition coefficient (Wildman–Crippen LogP) is 4.99. The SMILES string of the molecule is Cc1cc(C(=O)Nc2cccc(Cl)c2)nc(NCCC2=CCCCC2)n1. The largest absolute Gasteiger partial charge is 0.354 e. The van der Waals surface area contributed by atoms with Gasteiger partial charge in [0.05, 0.1) is 0 Å². The number of anilines is 2. The van der Waals surface area contributed by atoms with Crippen molar-refractivity contribution in [2.24, 2.45) is 0 Å². The van der Waals surface area contributed by atoms with Crippen LogP contribution in [0.3, 0.4) is 0 Å². The van der Waals surface area contributed by atoms with Gasteiger partial charge in [0.25, 0.3) is 5.91 Å². The van der Waals surface area contributed by atoms with Gasteiger partial charge in [-0.3, -0.25) is 4.79 Å². The average molecular weight is 371 g/mol. The third kappa shape index (κ3) is 5.30. The fourth-order valence-electron chi connectivity index (χ4n) is 2.99. The summed E-state index contributed by atoms with van der Waals surface area (Å²) in [5.74, 6) is 0.202. The Labute approximate surface area is 158 Å². The molecule has 1 amide bonds. The molecule has 0 unspecified atom stereocenters. The summed E-state index contributed by atoms with van der Waals surface area (Å²) < 4.78 is 0. The lowest BCUT2D eigenvalue weighted by Gasteiger charge is -2.13. The number of carbonyl (C=O) groups is 1. The van der Waals surface area contributed by atoms with Crippen LogP contribution < -0.4 is 10.6 Å². The van der Waals surface area contributed by atoms with Gasteiger partial charge in [0.1, 0.15) is 5.69 Å². The lowest BCUT2D eigenvalue weighted by Crippen LogP contribution is -2.16. The number of hydrogen-bond acceptors (Lipinski definition) is 4. The molecule has 0 atom stereocenters. The zero-order chi connectivity index (χ0) is 18.4. The second kappa shape index (κ2) is 8.81. The molecule has 136 valence electrons. The first-order valence-electron chi connectivity index (χ1n) is 8.94. The normalized spacial score (nSPS) is 13.8. The molecule has 3 rings (SSSR count). The molecule has 2 aromatic rings. The number of aryl methyl sites for hydroxylation is 1. The Morgan fingerprint density at radius 1 is 1.23 bits per heavy atom. The van der Waals surface area contributed by atoms with Crippen molar-refractivity contribution in [2.45, 2.75) is 39.0 Å². The van der Waals surface area contributed by atoms with Gasteiger partial charge in [-0.05, 0) is 63.3 Å². The molecule has 1 heterocycles. The first kappa shape index (κ1) is 18.4. The highest BCUT2D eigenvalue weighted by atomic mass is 35.5. The van der Waals surface area contributed by atoms with Crippen LogP contribution in [-0.2, 0) is 0 Å². The van der Waals surface area contributed by atoms with E-state index in [1.807, 2.05) is 6.92 Å². The molecule has 0 saturated heterocycles. The van der Waals surface area contributed by atoms with Gasteiger partial charge in [-0.25, -0.2) is 9.97 Å². The molecule has 26 heavy (non-hydrogen) atoms. The van der Waals surface area contributed by atoms with Crippen LogP contribution >= 0.6 is 11.6 Å². The first-order chi connectivity index (χ1) is 12.6. The van der Waals surface area contributed by atoms with Crippen LogP contribution in [0.15, 0.2) is 42.0 Å². The molecular formula is C20H23ClN4O. The topological polar surface area (TPSA) is 66.9 Å². The van der Waals surface area contributed by atoms with Crippen LogP contribution in [0.2, 0.25) is 5.02 Å². The minimum Gasteiger partial charge on any atom is -0.354 e. The zero-order valence-corrected chi connectivity index (χ0v) is 15.6. The molecule has 0 radical (unpaired) electrons. The number of nitrogens with zero attached hydrogens (tertiary/aromatic N) is 2. The molecule has 6 heteroatoms. The molecule has 1 aliphatic rings. The highest BCUT2D eigenvalue weighted by Crippen LogP contribution is 2.20. The summed E-state index contributed by atoms with van der Waals surface area (Å²) in [7, 11) is 0. The van der Waals surface area contributed by atoms with Gasteiger partial charge in [0.2, 0.25) is 5.95 Å². The molecule has 1 aromatic carbocycles. The molecule has 2 N–H and O–H groups in total. The number of benzene rings is 1. The number of nitrogens with one attached hydrogen (secondary N) is 2. The van der Waals surface area contributed by atoms with E-state index in [-0.39, 0.29) is 5.91 Å². The van der Waals surface area contributed by atoms with Crippen LogP contribution in [0.25, 0.3) is 0 Å². The van der Waals surface area contributed by atoms with Gasteiger partial charge >= 0.3 is 0 Å². The smallest absolute Gasteiger partial charge is 0.274 e. The minimum absolute atomic E-state index is 0.282. The third-order valence-electron chi connectivity index (χ3n) is 4.28. The maximum atomic E-state index is 12.5. The molecule has 0 fully saturated rings. The Bertz CT molecular complexity index is 819. The Morgan fingerprint density at radius 3 is 2.88 bits per heavy atom. The van der Waals surface area contributed by atoms with E-state index in [1.54, 1.807) is 30.3 Å². The Kier molecular flexibility index (Phi) is 6.23. The molecule has 1 aliphatic carbocycles. The molecule has 0 aliphatic heterocycles. The lowest BCUT2D eigenvalue weighted by molar-refractivity contribution is 0.102. The van der Waals surface area contributed by atoms with Crippen molar-refractivity contribution in [1.29, 1.82) is 0 Å². The first-order valence-corrected chi connectivity index (χ1v) is 9.32. The Balaban J connectivity index is 1.62. The van der Waals surface area contributed by atoms with E-state index in [1.165, 1.54) is 31.3 Å². The lowest BCUT2D eigenvalue weighted by atomic mass is 9.97. The number of hydrogen-bond donors (Lipinski definition) is 2.